The summed E-state index contributed by atoms with van der Waals surface area (Å²) >= 11 is 0. The lowest BCUT2D eigenvalue weighted by atomic mass is 9.47. The van der Waals surface area contributed by atoms with Gasteiger partial charge in [-0.2, -0.15) is 0 Å². The number of allylic oxidation sites excluding steroid dienone is 6. The van der Waals surface area contributed by atoms with E-state index in [9.17, 15) is 10.2 Å². The number of rotatable bonds is 2. The van der Waals surface area contributed by atoms with Gasteiger partial charge in [0.25, 0.3) is 0 Å². The molecule has 0 saturated heterocycles. The van der Waals surface area contributed by atoms with Crippen LogP contribution < -0.4 is 0 Å². The van der Waals surface area contributed by atoms with Crippen molar-refractivity contribution >= 4 is 5.57 Å². The molecule has 12 unspecified atom stereocenters. The Bertz CT molecular complexity index is 1550. The van der Waals surface area contributed by atoms with Crippen molar-refractivity contribution in [3.63, 3.8) is 0 Å². The summed E-state index contributed by atoms with van der Waals surface area (Å²) in [6.07, 6.45) is 27.9. The summed E-state index contributed by atoms with van der Waals surface area (Å²) in [7, 11) is 0. The van der Waals surface area contributed by atoms with E-state index in [0.717, 1.165) is 68.1 Å². The topological polar surface area (TPSA) is 53.4 Å². The molecular weight excluding hydrogens is 562 g/mol. The normalized spacial score (nSPS) is 49.4. The number of aliphatic hydroxyl groups excluding tert-OH is 2. The van der Waals surface area contributed by atoms with Crippen LogP contribution in [0.3, 0.4) is 0 Å². The zero-order valence-corrected chi connectivity index (χ0v) is 28.9. The average molecular weight is 620 g/mol. The van der Waals surface area contributed by atoms with E-state index >= 15 is 0 Å². The van der Waals surface area contributed by atoms with Gasteiger partial charge in [-0.1, -0.05) is 63.1 Å². The largest absolute Gasteiger partial charge is 0.393 e. The summed E-state index contributed by atoms with van der Waals surface area (Å²) < 4.78 is 0. The van der Waals surface area contributed by atoms with E-state index in [0.29, 0.717) is 5.92 Å². The van der Waals surface area contributed by atoms with Gasteiger partial charge in [0.2, 0.25) is 0 Å². The summed E-state index contributed by atoms with van der Waals surface area (Å²) in [4.78, 5) is 4.71. The molecule has 0 spiro atoms. The van der Waals surface area contributed by atoms with Crippen LogP contribution >= 0.6 is 0 Å². The Morgan fingerprint density at radius 3 is 1.83 bits per heavy atom. The molecule has 0 aromatic carbocycles. The highest BCUT2D eigenvalue weighted by atomic mass is 16.3. The Labute approximate surface area is 277 Å². The van der Waals surface area contributed by atoms with Gasteiger partial charge in [0.1, 0.15) is 0 Å². The second-order valence-corrected chi connectivity index (χ2v) is 18.4. The number of hydrogen-bond acceptors (Lipinski definition) is 3. The quantitative estimate of drug-likeness (QED) is 0.324. The summed E-state index contributed by atoms with van der Waals surface area (Å²) in [6, 6.07) is 4.53. The number of pyridine rings is 1. The molecule has 1 aromatic heterocycles. The van der Waals surface area contributed by atoms with Crippen molar-refractivity contribution in [2.75, 3.05) is 0 Å². The van der Waals surface area contributed by atoms with Crippen molar-refractivity contribution in [2.45, 2.75) is 130 Å². The van der Waals surface area contributed by atoms with Gasteiger partial charge in [-0.05, 0) is 175 Å². The molecule has 246 valence electrons. The Balaban J connectivity index is 1.09. The highest BCUT2D eigenvalue weighted by molar-refractivity contribution is 5.80. The van der Waals surface area contributed by atoms with Crippen molar-refractivity contribution in [3.8, 4) is 0 Å². The lowest BCUT2D eigenvalue weighted by Gasteiger charge is -2.58. The number of nitrogens with zero attached hydrogens (tertiary/aromatic N) is 1. The fraction of sp³-hybridized carbons (Fsp3) is 0.698. The van der Waals surface area contributed by atoms with Crippen LogP contribution in [0.5, 0.6) is 0 Å². The van der Waals surface area contributed by atoms with Crippen LogP contribution in [0, 0.1) is 57.2 Å². The van der Waals surface area contributed by atoms with Gasteiger partial charge in [-0.3, -0.25) is 4.98 Å². The van der Waals surface area contributed by atoms with E-state index < -0.39 is 0 Å². The molecule has 0 amide bonds. The Morgan fingerprint density at radius 1 is 0.630 bits per heavy atom. The van der Waals surface area contributed by atoms with Crippen LogP contribution in [0.2, 0.25) is 0 Å². The van der Waals surface area contributed by atoms with Crippen LogP contribution in [0.4, 0.5) is 0 Å². The van der Waals surface area contributed by atoms with Crippen LogP contribution in [0.25, 0.3) is 5.57 Å². The molecule has 4 fully saturated rings. The summed E-state index contributed by atoms with van der Waals surface area (Å²) in [5.74, 6) is 4.37. The summed E-state index contributed by atoms with van der Waals surface area (Å²) in [6.45, 7) is 10.4. The molecule has 2 N–H and O–H groups in total. The minimum atomic E-state index is -0.140. The van der Waals surface area contributed by atoms with E-state index in [1.54, 1.807) is 27.9 Å². The Morgan fingerprint density at radius 2 is 1.22 bits per heavy atom. The third-order valence-corrected chi connectivity index (χ3v) is 16.7. The molecule has 8 aliphatic rings. The summed E-state index contributed by atoms with van der Waals surface area (Å²) in [5, 5.41) is 21.1. The smallest absolute Gasteiger partial charge is 0.0577 e. The predicted molar refractivity (Wildman–Crippen MR) is 185 cm³/mol. The minimum absolute atomic E-state index is 0.132. The maximum atomic E-state index is 10.6. The van der Waals surface area contributed by atoms with Crippen LogP contribution in [0.1, 0.15) is 123 Å². The Hall–Kier alpha value is -1.97. The number of fused-ring (bicyclic) bond motifs is 10. The van der Waals surface area contributed by atoms with Gasteiger partial charge in [-0.25, -0.2) is 0 Å². The van der Waals surface area contributed by atoms with Gasteiger partial charge in [0.15, 0.2) is 0 Å². The van der Waals surface area contributed by atoms with Crippen LogP contribution in [0.15, 0.2) is 65.0 Å². The highest BCUT2D eigenvalue weighted by Gasteiger charge is 2.61. The number of aromatic nitrogens is 1. The van der Waals surface area contributed by atoms with Crippen molar-refractivity contribution in [1.82, 2.24) is 4.98 Å². The fourth-order valence-electron chi connectivity index (χ4n) is 14.3. The molecule has 0 aliphatic heterocycles. The van der Waals surface area contributed by atoms with Gasteiger partial charge in [-0.15, -0.1) is 0 Å². The highest BCUT2D eigenvalue weighted by Crippen LogP contribution is 2.72. The van der Waals surface area contributed by atoms with E-state index in [4.69, 9.17) is 4.98 Å². The molecule has 0 radical (unpaired) electrons. The third kappa shape index (κ3) is 4.00. The molecule has 3 heteroatoms. The lowest BCUT2D eigenvalue weighted by molar-refractivity contribution is -0.0297. The van der Waals surface area contributed by atoms with Crippen molar-refractivity contribution in [1.29, 1.82) is 0 Å². The van der Waals surface area contributed by atoms with E-state index in [-0.39, 0.29) is 33.9 Å². The zero-order valence-electron chi connectivity index (χ0n) is 28.9. The zero-order chi connectivity index (χ0) is 31.6. The molecule has 8 aliphatic carbocycles. The lowest BCUT2D eigenvalue weighted by Crippen LogP contribution is -2.50. The predicted octanol–water partition coefficient (Wildman–Crippen LogP) is 9.63. The standard InChI is InChI=1S/C43H57NO2/c1-40-17-13-29(45)22-27(40)7-9-31-34-11-12-35(42(34,3)19-15-36(31)40)33-24-38-32-10-8-28-23-30(46)14-18-41(28,2)37(32)16-20-43(38,4)39(33)26-6-5-21-44-25-26/h5-8,12,21,25,29-32,34,36-38,45-46H,9-11,13-20,22-24H2,1-4H3. The van der Waals surface area contributed by atoms with E-state index in [2.05, 4.69) is 64.3 Å². The maximum absolute atomic E-state index is 10.6. The molecular formula is C43H57NO2. The third-order valence-electron chi connectivity index (χ3n) is 16.7. The molecule has 9 rings (SSSR count). The molecule has 12 atom stereocenters. The van der Waals surface area contributed by atoms with Crippen LogP contribution in [-0.2, 0) is 0 Å². The van der Waals surface area contributed by atoms with Crippen molar-refractivity contribution in [2.24, 2.45) is 57.2 Å². The van der Waals surface area contributed by atoms with Gasteiger partial charge >= 0.3 is 0 Å². The van der Waals surface area contributed by atoms with Crippen molar-refractivity contribution in [3.05, 3.63) is 70.6 Å². The van der Waals surface area contributed by atoms with Gasteiger partial charge in [0, 0.05) is 12.4 Å². The SMILES string of the molecule is CC12CCC(O)CC1=CCC1C2CCC2(C)C(C3=C(c4cccnc4)C4(C)CCC5C(CC=C6CC(O)CCC65C)C4C3)=CCC12. The first-order valence-corrected chi connectivity index (χ1v) is 19.2. The average Bonchev–Trinajstić information content (AvgIpc) is 3.55. The molecule has 3 nitrogen and oxygen atoms in total. The molecule has 4 saturated carbocycles. The minimum Gasteiger partial charge on any atom is -0.393 e. The Kier molecular flexibility index (Phi) is 6.72. The number of hydrogen-bond donors (Lipinski definition) is 2. The fourth-order valence-corrected chi connectivity index (χ4v) is 14.3. The van der Waals surface area contributed by atoms with E-state index in [1.165, 1.54) is 56.9 Å². The van der Waals surface area contributed by atoms with Gasteiger partial charge in [0.05, 0.1) is 12.2 Å². The van der Waals surface area contributed by atoms with E-state index in [1.807, 2.05) is 6.20 Å². The first-order chi connectivity index (χ1) is 22.1. The maximum Gasteiger partial charge on any atom is 0.0577 e. The molecule has 1 aromatic rings. The van der Waals surface area contributed by atoms with Crippen LogP contribution in [-0.4, -0.2) is 27.4 Å². The first-order valence-electron chi connectivity index (χ1n) is 19.2. The molecule has 46 heavy (non-hydrogen) atoms. The van der Waals surface area contributed by atoms with Crippen molar-refractivity contribution < 1.29 is 10.2 Å². The second-order valence-electron chi connectivity index (χ2n) is 18.4. The molecule has 0 bridgehead atoms. The first kappa shape index (κ1) is 30.1. The molecule has 1 heterocycles. The monoisotopic (exact) mass is 619 g/mol. The summed E-state index contributed by atoms with van der Waals surface area (Å²) in [5.41, 5.74) is 10.6. The number of aliphatic hydroxyl groups is 2. The van der Waals surface area contributed by atoms with Gasteiger partial charge < -0.3 is 10.2 Å². The second kappa shape index (κ2) is 10.3.